The standard InChI is InChI=1S/C37H73NO4/c1-7-9-11-12-13-14-15-16-17-18-21-24-27-31-34(39)41-36(4,5)37(6,38)42-35(40)32-28-25-22-19-20-23-26-30-33(3)29-10-8-2/h33H,7-32,38H2,1-6H3. The maximum atomic E-state index is 12.5. The summed E-state index contributed by atoms with van der Waals surface area (Å²) in [6.45, 7) is 12.0. The van der Waals surface area contributed by atoms with Crippen LogP contribution in [0, 0.1) is 5.92 Å². The van der Waals surface area contributed by atoms with E-state index in [0.717, 1.165) is 44.4 Å². The van der Waals surface area contributed by atoms with Crippen LogP contribution in [0.25, 0.3) is 0 Å². The topological polar surface area (TPSA) is 78.6 Å². The SMILES string of the molecule is CCCCCCCCCCCCCCCC(=O)OC(C)(C)C(C)(N)OC(=O)CCCCCCCCCC(C)CCCC. The van der Waals surface area contributed by atoms with Gasteiger partial charge >= 0.3 is 11.9 Å². The number of ether oxygens (including phenoxy) is 2. The molecule has 0 saturated heterocycles. The van der Waals surface area contributed by atoms with Crippen molar-refractivity contribution in [2.24, 2.45) is 11.7 Å². The summed E-state index contributed by atoms with van der Waals surface area (Å²) in [6, 6.07) is 0. The molecule has 0 fully saturated rings. The summed E-state index contributed by atoms with van der Waals surface area (Å²) in [6.07, 6.45) is 30.8. The Balaban J connectivity index is 3.88. The van der Waals surface area contributed by atoms with Crippen LogP contribution < -0.4 is 5.73 Å². The number of rotatable bonds is 30. The number of esters is 2. The van der Waals surface area contributed by atoms with Gasteiger partial charge in [0.15, 0.2) is 11.3 Å². The van der Waals surface area contributed by atoms with Gasteiger partial charge in [0, 0.05) is 12.8 Å². The molecule has 0 aromatic rings. The van der Waals surface area contributed by atoms with Gasteiger partial charge in [-0.3, -0.25) is 15.3 Å². The zero-order chi connectivity index (χ0) is 31.5. The molecule has 2 atom stereocenters. The van der Waals surface area contributed by atoms with Gasteiger partial charge in [0.1, 0.15) is 0 Å². The molecule has 0 saturated carbocycles. The molecule has 0 aliphatic rings. The van der Waals surface area contributed by atoms with Crippen molar-refractivity contribution in [2.45, 2.75) is 220 Å². The second-order valence-electron chi connectivity index (χ2n) is 13.8. The zero-order valence-corrected chi connectivity index (χ0v) is 29.2. The average molecular weight is 596 g/mol. The van der Waals surface area contributed by atoms with Crippen molar-refractivity contribution in [3.05, 3.63) is 0 Å². The lowest BCUT2D eigenvalue weighted by Gasteiger charge is -2.39. The lowest BCUT2D eigenvalue weighted by Crippen LogP contribution is -2.59. The van der Waals surface area contributed by atoms with Gasteiger partial charge < -0.3 is 9.47 Å². The van der Waals surface area contributed by atoms with Crippen molar-refractivity contribution in [3.8, 4) is 0 Å². The molecule has 0 amide bonds. The van der Waals surface area contributed by atoms with E-state index in [-0.39, 0.29) is 11.9 Å². The number of unbranched alkanes of at least 4 members (excludes halogenated alkanes) is 19. The highest BCUT2D eigenvalue weighted by Crippen LogP contribution is 2.27. The predicted molar refractivity (Wildman–Crippen MR) is 179 cm³/mol. The molecular weight excluding hydrogens is 522 g/mol. The molecule has 250 valence electrons. The molecule has 0 spiro atoms. The lowest BCUT2D eigenvalue weighted by molar-refractivity contribution is -0.202. The average Bonchev–Trinajstić information content (AvgIpc) is 2.92. The van der Waals surface area contributed by atoms with E-state index in [1.807, 2.05) is 0 Å². The first kappa shape index (κ1) is 40.9. The molecule has 2 unspecified atom stereocenters. The summed E-state index contributed by atoms with van der Waals surface area (Å²) in [4.78, 5) is 25.0. The van der Waals surface area contributed by atoms with Crippen molar-refractivity contribution < 1.29 is 19.1 Å². The van der Waals surface area contributed by atoms with E-state index in [1.165, 1.54) is 116 Å². The summed E-state index contributed by atoms with van der Waals surface area (Å²) in [7, 11) is 0. The predicted octanol–water partition coefficient (Wildman–Crippen LogP) is 11.3. The molecule has 0 aromatic heterocycles. The lowest BCUT2D eigenvalue weighted by atomic mass is 9.96. The molecule has 5 nitrogen and oxygen atoms in total. The van der Waals surface area contributed by atoms with Crippen LogP contribution in [0.3, 0.4) is 0 Å². The summed E-state index contributed by atoms with van der Waals surface area (Å²) >= 11 is 0. The summed E-state index contributed by atoms with van der Waals surface area (Å²) in [5.74, 6) is 0.273. The van der Waals surface area contributed by atoms with E-state index < -0.39 is 11.3 Å². The van der Waals surface area contributed by atoms with Crippen LogP contribution in [0.2, 0.25) is 0 Å². The summed E-state index contributed by atoms with van der Waals surface area (Å²) < 4.78 is 11.3. The van der Waals surface area contributed by atoms with Crippen LogP contribution in [0.1, 0.15) is 208 Å². The van der Waals surface area contributed by atoms with Crippen molar-refractivity contribution in [2.75, 3.05) is 0 Å². The van der Waals surface area contributed by atoms with Gasteiger partial charge in [-0.05, 0) is 39.5 Å². The minimum absolute atomic E-state index is 0.272. The molecular formula is C37H73NO4. The highest BCUT2D eigenvalue weighted by Gasteiger charge is 2.44. The molecule has 2 N–H and O–H groups in total. The largest absolute Gasteiger partial charge is 0.454 e. The van der Waals surface area contributed by atoms with E-state index in [0.29, 0.717) is 12.8 Å². The van der Waals surface area contributed by atoms with Gasteiger partial charge in [-0.1, -0.05) is 162 Å². The molecule has 0 bridgehead atoms. The van der Waals surface area contributed by atoms with Crippen LogP contribution in [-0.2, 0) is 19.1 Å². The van der Waals surface area contributed by atoms with Gasteiger partial charge in [0.05, 0.1) is 0 Å². The second kappa shape index (κ2) is 26.3. The molecule has 0 aliphatic heterocycles. The van der Waals surface area contributed by atoms with Crippen molar-refractivity contribution >= 4 is 11.9 Å². The quantitative estimate of drug-likeness (QED) is 0.0507. The van der Waals surface area contributed by atoms with Gasteiger partial charge in [0.25, 0.3) is 0 Å². The third-order valence-electron chi connectivity index (χ3n) is 9.00. The highest BCUT2D eigenvalue weighted by atomic mass is 16.6. The van der Waals surface area contributed by atoms with Crippen LogP contribution in [-0.4, -0.2) is 23.3 Å². The number of hydrogen-bond donors (Lipinski definition) is 1. The molecule has 0 aliphatic carbocycles. The van der Waals surface area contributed by atoms with Gasteiger partial charge in [-0.2, -0.15) is 0 Å². The van der Waals surface area contributed by atoms with Gasteiger partial charge in [-0.25, -0.2) is 0 Å². The number of carbonyl (C=O) groups excluding carboxylic acids is 2. The zero-order valence-electron chi connectivity index (χ0n) is 29.2. The first-order chi connectivity index (χ1) is 20.1. The summed E-state index contributed by atoms with van der Waals surface area (Å²) in [5.41, 5.74) is 3.88. The Labute approximate surface area is 262 Å². The number of hydrogen-bond acceptors (Lipinski definition) is 5. The second-order valence-corrected chi connectivity index (χ2v) is 13.8. The number of nitrogens with two attached hydrogens (primary N) is 1. The fraction of sp³-hybridized carbons (Fsp3) is 0.946. The van der Waals surface area contributed by atoms with E-state index in [2.05, 4.69) is 20.8 Å². The van der Waals surface area contributed by atoms with Crippen molar-refractivity contribution in [1.29, 1.82) is 0 Å². The Hall–Kier alpha value is -1.10. The fourth-order valence-corrected chi connectivity index (χ4v) is 5.48. The Morgan fingerprint density at radius 2 is 0.857 bits per heavy atom. The molecule has 0 rings (SSSR count). The first-order valence-corrected chi connectivity index (χ1v) is 18.3. The van der Waals surface area contributed by atoms with Gasteiger partial charge in [-0.15, -0.1) is 0 Å². The molecule has 0 radical (unpaired) electrons. The van der Waals surface area contributed by atoms with Crippen molar-refractivity contribution in [3.63, 3.8) is 0 Å². The maximum Gasteiger partial charge on any atom is 0.307 e. The van der Waals surface area contributed by atoms with E-state index in [1.54, 1.807) is 20.8 Å². The Bertz CT molecular complexity index is 646. The third-order valence-corrected chi connectivity index (χ3v) is 9.00. The van der Waals surface area contributed by atoms with Crippen LogP contribution >= 0.6 is 0 Å². The van der Waals surface area contributed by atoms with Gasteiger partial charge in [0.2, 0.25) is 0 Å². The normalized spacial score (nSPS) is 14.0. The van der Waals surface area contributed by atoms with E-state index >= 15 is 0 Å². The molecule has 0 heterocycles. The smallest absolute Gasteiger partial charge is 0.307 e. The highest BCUT2D eigenvalue weighted by molar-refractivity contribution is 5.71. The fourth-order valence-electron chi connectivity index (χ4n) is 5.48. The third kappa shape index (κ3) is 23.4. The van der Waals surface area contributed by atoms with Crippen LogP contribution in [0.4, 0.5) is 0 Å². The minimum Gasteiger partial charge on any atom is -0.454 e. The van der Waals surface area contributed by atoms with Crippen LogP contribution in [0.5, 0.6) is 0 Å². The Morgan fingerprint density at radius 1 is 0.524 bits per heavy atom. The Kier molecular flexibility index (Phi) is 25.6. The Morgan fingerprint density at radius 3 is 1.29 bits per heavy atom. The molecule has 5 heteroatoms. The molecule has 0 aromatic carbocycles. The minimum atomic E-state index is -1.37. The summed E-state index contributed by atoms with van der Waals surface area (Å²) in [5, 5.41) is 0. The van der Waals surface area contributed by atoms with E-state index in [9.17, 15) is 9.59 Å². The van der Waals surface area contributed by atoms with E-state index in [4.69, 9.17) is 15.2 Å². The monoisotopic (exact) mass is 596 g/mol. The van der Waals surface area contributed by atoms with Crippen LogP contribution in [0.15, 0.2) is 0 Å². The number of carbonyl (C=O) groups is 2. The molecule has 42 heavy (non-hydrogen) atoms. The maximum absolute atomic E-state index is 12.5. The first-order valence-electron chi connectivity index (χ1n) is 18.3. The van der Waals surface area contributed by atoms with Crippen molar-refractivity contribution in [1.82, 2.24) is 0 Å².